The predicted molar refractivity (Wildman–Crippen MR) is 104 cm³/mol. The second-order valence-electron chi connectivity index (χ2n) is 6.87. The minimum absolute atomic E-state index is 0.0841. The van der Waals surface area contributed by atoms with E-state index in [9.17, 15) is 13.2 Å². The molecule has 1 saturated carbocycles. The van der Waals surface area contributed by atoms with Crippen molar-refractivity contribution in [1.29, 1.82) is 0 Å². The Kier molecular flexibility index (Phi) is 5.30. The molecule has 3 aromatic rings. The highest BCUT2D eigenvalue weighted by Crippen LogP contribution is 2.38. The van der Waals surface area contributed by atoms with E-state index in [2.05, 4.69) is 20.3 Å². The molecule has 0 aliphatic heterocycles. The van der Waals surface area contributed by atoms with Crippen LogP contribution < -0.4 is 5.32 Å². The smallest absolute Gasteiger partial charge is 0.324 e. The van der Waals surface area contributed by atoms with Crippen LogP contribution in [0.15, 0.2) is 42.7 Å². The van der Waals surface area contributed by atoms with Crippen molar-refractivity contribution in [3.63, 3.8) is 0 Å². The van der Waals surface area contributed by atoms with E-state index in [4.69, 9.17) is 0 Å². The molecule has 4 nitrogen and oxygen atoms in total. The molecular formula is C20H19F3N4S. The molecule has 0 radical (unpaired) electrons. The summed E-state index contributed by atoms with van der Waals surface area (Å²) in [5.41, 5.74) is 0.627. The van der Waals surface area contributed by atoms with Crippen LogP contribution in [-0.4, -0.2) is 15.0 Å². The molecule has 1 fully saturated rings. The fraction of sp³-hybridized carbons (Fsp3) is 0.350. The molecule has 0 amide bonds. The van der Waals surface area contributed by atoms with Gasteiger partial charge in [-0.15, -0.1) is 11.3 Å². The molecule has 2 aromatic heterocycles. The largest absolute Gasteiger partial charge is 0.433 e. The molecule has 0 spiro atoms. The molecular weight excluding hydrogens is 385 g/mol. The third kappa shape index (κ3) is 4.32. The molecule has 28 heavy (non-hydrogen) atoms. The van der Waals surface area contributed by atoms with Gasteiger partial charge in [0.2, 0.25) is 5.95 Å². The van der Waals surface area contributed by atoms with E-state index >= 15 is 0 Å². The Labute approximate surface area is 164 Å². The van der Waals surface area contributed by atoms with Gasteiger partial charge in [-0.25, -0.2) is 15.0 Å². The molecule has 146 valence electrons. The third-order valence-electron chi connectivity index (χ3n) is 4.83. The number of benzene rings is 1. The Hall–Kier alpha value is -2.48. The molecule has 8 heteroatoms. The first kappa shape index (κ1) is 18.9. The Morgan fingerprint density at radius 1 is 1.04 bits per heavy atom. The van der Waals surface area contributed by atoms with Crippen LogP contribution in [-0.2, 0) is 6.18 Å². The van der Waals surface area contributed by atoms with E-state index in [0.29, 0.717) is 11.6 Å². The summed E-state index contributed by atoms with van der Waals surface area (Å²) in [6.07, 6.45) is 4.70. The SMILES string of the molecule is FC(F)(F)c1ccnc(Nc2cccc(-c3cnc(C4CCCCC4)s3)c2)n1. The van der Waals surface area contributed by atoms with Gasteiger partial charge in [-0.05, 0) is 36.6 Å². The van der Waals surface area contributed by atoms with Crippen molar-refractivity contribution in [3.05, 3.63) is 53.4 Å². The third-order valence-corrected chi connectivity index (χ3v) is 6.04. The summed E-state index contributed by atoms with van der Waals surface area (Å²) in [6.45, 7) is 0. The van der Waals surface area contributed by atoms with E-state index in [0.717, 1.165) is 22.7 Å². The predicted octanol–water partition coefficient (Wildman–Crippen LogP) is 6.41. The zero-order valence-corrected chi connectivity index (χ0v) is 15.9. The van der Waals surface area contributed by atoms with E-state index in [1.807, 2.05) is 24.4 Å². The van der Waals surface area contributed by atoms with Crippen molar-refractivity contribution in [2.45, 2.75) is 44.2 Å². The molecule has 0 saturated heterocycles. The highest BCUT2D eigenvalue weighted by molar-refractivity contribution is 7.15. The molecule has 0 atom stereocenters. The molecule has 1 aromatic carbocycles. The number of halogens is 3. The molecule has 0 unspecified atom stereocenters. The van der Waals surface area contributed by atoms with Crippen LogP contribution >= 0.6 is 11.3 Å². The van der Waals surface area contributed by atoms with Crippen molar-refractivity contribution in [2.75, 3.05) is 5.32 Å². The number of hydrogen-bond donors (Lipinski definition) is 1. The van der Waals surface area contributed by atoms with Crippen molar-refractivity contribution < 1.29 is 13.2 Å². The first-order valence-corrected chi connectivity index (χ1v) is 10.0. The topological polar surface area (TPSA) is 50.7 Å². The molecule has 1 N–H and O–H groups in total. The summed E-state index contributed by atoms with van der Waals surface area (Å²) in [5.74, 6) is 0.464. The highest BCUT2D eigenvalue weighted by Gasteiger charge is 2.32. The summed E-state index contributed by atoms with van der Waals surface area (Å²) in [7, 11) is 0. The quantitative estimate of drug-likeness (QED) is 0.546. The van der Waals surface area contributed by atoms with Crippen molar-refractivity contribution >= 4 is 23.0 Å². The van der Waals surface area contributed by atoms with Crippen LogP contribution in [0.25, 0.3) is 10.4 Å². The van der Waals surface area contributed by atoms with Gasteiger partial charge < -0.3 is 5.32 Å². The van der Waals surface area contributed by atoms with Gasteiger partial charge in [-0.1, -0.05) is 31.4 Å². The lowest BCUT2D eigenvalue weighted by atomic mass is 9.90. The fourth-order valence-electron chi connectivity index (χ4n) is 3.42. The first-order valence-electron chi connectivity index (χ1n) is 9.22. The maximum Gasteiger partial charge on any atom is 0.433 e. The number of anilines is 2. The van der Waals surface area contributed by atoms with Crippen LogP contribution in [0, 0.1) is 0 Å². The van der Waals surface area contributed by atoms with Gasteiger partial charge in [-0.3, -0.25) is 0 Å². The average molecular weight is 404 g/mol. The number of thiazole rings is 1. The number of rotatable bonds is 4. The second kappa shape index (κ2) is 7.87. The number of alkyl halides is 3. The number of nitrogens with zero attached hydrogens (tertiary/aromatic N) is 3. The van der Waals surface area contributed by atoms with E-state index in [1.54, 1.807) is 17.4 Å². The molecule has 1 aliphatic rings. The lowest BCUT2D eigenvalue weighted by molar-refractivity contribution is -0.141. The standard InChI is InChI=1S/C20H19F3N4S/c21-20(22,23)17-9-10-24-19(27-17)26-15-8-4-7-14(11-15)16-12-25-18(28-16)13-5-2-1-3-6-13/h4,7-13H,1-3,5-6H2,(H,24,26,27). The molecule has 0 bridgehead atoms. The summed E-state index contributed by atoms with van der Waals surface area (Å²) >= 11 is 1.69. The minimum atomic E-state index is -4.50. The van der Waals surface area contributed by atoms with Gasteiger partial charge in [0, 0.05) is 24.0 Å². The molecule has 2 heterocycles. The summed E-state index contributed by atoms with van der Waals surface area (Å²) in [4.78, 5) is 13.1. The molecule has 1 aliphatic carbocycles. The van der Waals surface area contributed by atoms with Gasteiger partial charge >= 0.3 is 6.18 Å². The van der Waals surface area contributed by atoms with E-state index < -0.39 is 11.9 Å². The average Bonchev–Trinajstić information content (AvgIpc) is 3.19. The van der Waals surface area contributed by atoms with Crippen molar-refractivity contribution in [3.8, 4) is 10.4 Å². The van der Waals surface area contributed by atoms with Crippen LogP contribution in [0.4, 0.5) is 24.8 Å². The van der Waals surface area contributed by atoms with Crippen LogP contribution in [0.1, 0.15) is 48.7 Å². The fourth-order valence-corrected chi connectivity index (χ4v) is 4.50. The summed E-state index contributed by atoms with van der Waals surface area (Å²) in [6, 6.07) is 8.32. The van der Waals surface area contributed by atoms with E-state index in [-0.39, 0.29) is 5.95 Å². The Morgan fingerprint density at radius 2 is 1.86 bits per heavy atom. The minimum Gasteiger partial charge on any atom is -0.324 e. The lowest BCUT2D eigenvalue weighted by Gasteiger charge is -2.18. The maximum absolute atomic E-state index is 12.8. The van der Waals surface area contributed by atoms with Crippen molar-refractivity contribution in [2.24, 2.45) is 0 Å². The van der Waals surface area contributed by atoms with Gasteiger partial charge in [0.05, 0.1) is 9.88 Å². The Bertz CT molecular complexity index is 948. The van der Waals surface area contributed by atoms with Gasteiger partial charge in [0.15, 0.2) is 0 Å². The summed E-state index contributed by atoms with van der Waals surface area (Å²) < 4.78 is 38.5. The first-order chi connectivity index (χ1) is 13.5. The lowest BCUT2D eigenvalue weighted by Crippen LogP contribution is -2.10. The number of nitrogens with one attached hydrogen (secondary N) is 1. The normalized spacial score (nSPS) is 15.5. The summed E-state index contributed by atoms with van der Waals surface area (Å²) in [5, 5.41) is 4.03. The zero-order valence-electron chi connectivity index (χ0n) is 15.0. The van der Waals surface area contributed by atoms with Gasteiger partial charge in [0.1, 0.15) is 5.69 Å². The van der Waals surface area contributed by atoms with Gasteiger partial charge in [-0.2, -0.15) is 13.2 Å². The maximum atomic E-state index is 12.8. The zero-order chi connectivity index (χ0) is 19.6. The van der Waals surface area contributed by atoms with E-state index in [1.165, 1.54) is 37.1 Å². The van der Waals surface area contributed by atoms with Crippen LogP contribution in [0.3, 0.4) is 0 Å². The Balaban J connectivity index is 1.53. The number of hydrogen-bond acceptors (Lipinski definition) is 5. The highest BCUT2D eigenvalue weighted by atomic mass is 32.1. The second-order valence-corrected chi connectivity index (χ2v) is 7.93. The monoisotopic (exact) mass is 404 g/mol. The van der Waals surface area contributed by atoms with Crippen LogP contribution in [0.2, 0.25) is 0 Å². The van der Waals surface area contributed by atoms with Gasteiger partial charge in [0.25, 0.3) is 0 Å². The number of aromatic nitrogens is 3. The van der Waals surface area contributed by atoms with Crippen molar-refractivity contribution in [1.82, 2.24) is 15.0 Å². The Morgan fingerprint density at radius 3 is 2.64 bits per heavy atom. The van der Waals surface area contributed by atoms with Crippen LogP contribution in [0.5, 0.6) is 0 Å². The molecule has 4 rings (SSSR count).